The predicted octanol–water partition coefficient (Wildman–Crippen LogP) is 7.58. The third kappa shape index (κ3) is 6.07. The molecule has 0 aliphatic carbocycles. The number of amides is 1. The van der Waals surface area contributed by atoms with Crippen molar-refractivity contribution in [1.29, 1.82) is 0 Å². The number of nitrogens with one attached hydrogen (secondary N) is 1. The molecule has 3 aromatic carbocycles. The molecule has 1 heterocycles. The maximum Gasteiger partial charge on any atom is 0.234 e. The fraction of sp³-hybridized carbons (Fsp3) is 0.222. The smallest absolute Gasteiger partial charge is 0.234 e. The van der Waals surface area contributed by atoms with Crippen LogP contribution in [0.4, 0.5) is 5.69 Å². The van der Waals surface area contributed by atoms with Crippen LogP contribution in [0.2, 0.25) is 10.0 Å². The van der Waals surface area contributed by atoms with Crippen LogP contribution in [0.15, 0.2) is 71.9 Å². The van der Waals surface area contributed by atoms with E-state index in [1.807, 2.05) is 35.8 Å². The number of carbonyl (C=O) groups excluding carboxylic acids is 1. The number of anilines is 1. The van der Waals surface area contributed by atoms with E-state index in [-0.39, 0.29) is 17.1 Å². The molecular formula is C27H26Cl2N4OS. The van der Waals surface area contributed by atoms with Gasteiger partial charge in [-0.05, 0) is 48.2 Å². The monoisotopic (exact) mass is 524 g/mol. The Kier molecular flexibility index (Phi) is 7.55. The van der Waals surface area contributed by atoms with Crippen molar-refractivity contribution in [2.75, 3.05) is 11.1 Å². The zero-order chi connectivity index (χ0) is 25.2. The first-order chi connectivity index (χ1) is 16.6. The quantitative estimate of drug-likeness (QED) is 0.264. The van der Waals surface area contributed by atoms with Gasteiger partial charge in [-0.15, -0.1) is 10.2 Å². The van der Waals surface area contributed by atoms with E-state index in [1.165, 1.54) is 17.3 Å². The molecule has 1 amide bonds. The Balaban J connectivity index is 1.60. The van der Waals surface area contributed by atoms with Gasteiger partial charge in [0.25, 0.3) is 0 Å². The lowest BCUT2D eigenvalue weighted by Crippen LogP contribution is -2.14. The third-order valence-electron chi connectivity index (χ3n) is 5.47. The van der Waals surface area contributed by atoms with Crippen LogP contribution in [-0.2, 0) is 10.2 Å². The van der Waals surface area contributed by atoms with E-state index in [2.05, 4.69) is 60.6 Å². The zero-order valence-electron chi connectivity index (χ0n) is 20.0. The summed E-state index contributed by atoms with van der Waals surface area (Å²) >= 11 is 13.3. The van der Waals surface area contributed by atoms with Gasteiger partial charge in [-0.1, -0.05) is 97.7 Å². The predicted molar refractivity (Wildman–Crippen MR) is 146 cm³/mol. The molecular weight excluding hydrogens is 499 g/mol. The number of hydrogen-bond donors (Lipinski definition) is 1. The molecule has 8 heteroatoms. The van der Waals surface area contributed by atoms with E-state index in [0.717, 1.165) is 22.6 Å². The normalized spacial score (nSPS) is 11.5. The lowest BCUT2D eigenvalue weighted by Gasteiger charge is -2.19. The summed E-state index contributed by atoms with van der Waals surface area (Å²) in [5, 5.41) is 13.2. The van der Waals surface area contributed by atoms with Crippen molar-refractivity contribution in [3.63, 3.8) is 0 Å². The van der Waals surface area contributed by atoms with Crippen LogP contribution in [0.5, 0.6) is 0 Å². The number of nitrogens with zero attached hydrogens (tertiary/aromatic N) is 3. The van der Waals surface area contributed by atoms with Gasteiger partial charge in [0, 0.05) is 16.9 Å². The summed E-state index contributed by atoms with van der Waals surface area (Å²) in [6, 6.07) is 21.5. The lowest BCUT2D eigenvalue weighted by molar-refractivity contribution is -0.113. The number of rotatable bonds is 6. The fourth-order valence-corrected chi connectivity index (χ4v) is 4.55. The Labute approximate surface area is 219 Å². The van der Waals surface area contributed by atoms with Crippen molar-refractivity contribution in [2.24, 2.45) is 0 Å². The minimum absolute atomic E-state index is 0.0614. The molecule has 0 saturated heterocycles. The summed E-state index contributed by atoms with van der Waals surface area (Å²) in [5.41, 5.74) is 4.95. The second-order valence-electron chi connectivity index (χ2n) is 9.27. The molecule has 1 N–H and O–H groups in total. The van der Waals surface area contributed by atoms with Crippen LogP contribution in [0.1, 0.15) is 31.9 Å². The highest BCUT2D eigenvalue weighted by Gasteiger charge is 2.19. The molecule has 4 rings (SSSR count). The van der Waals surface area contributed by atoms with E-state index in [9.17, 15) is 4.79 Å². The zero-order valence-corrected chi connectivity index (χ0v) is 22.3. The first-order valence-corrected chi connectivity index (χ1v) is 12.9. The molecule has 0 radical (unpaired) electrons. The fourth-order valence-electron chi connectivity index (χ4n) is 3.50. The third-order valence-corrected chi connectivity index (χ3v) is 7.14. The molecule has 0 bridgehead atoms. The van der Waals surface area contributed by atoms with Gasteiger partial charge >= 0.3 is 0 Å². The van der Waals surface area contributed by atoms with E-state index in [1.54, 1.807) is 18.2 Å². The Morgan fingerprint density at radius 3 is 2.26 bits per heavy atom. The second-order valence-corrected chi connectivity index (χ2v) is 11.0. The molecule has 4 aromatic rings. The van der Waals surface area contributed by atoms with Crippen molar-refractivity contribution in [1.82, 2.24) is 14.8 Å². The SMILES string of the molecule is Cc1ccc(-n2c(SCC(=O)Nc3ccc(Cl)c(Cl)c3)nnc2-c2ccc(C(C)(C)C)cc2)cc1. The van der Waals surface area contributed by atoms with Gasteiger partial charge in [0.15, 0.2) is 11.0 Å². The molecule has 0 fully saturated rings. The van der Waals surface area contributed by atoms with E-state index < -0.39 is 0 Å². The summed E-state index contributed by atoms with van der Waals surface area (Å²) in [6.07, 6.45) is 0. The van der Waals surface area contributed by atoms with Crippen molar-refractivity contribution in [3.05, 3.63) is 87.9 Å². The molecule has 0 unspecified atom stereocenters. The summed E-state index contributed by atoms with van der Waals surface area (Å²) < 4.78 is 1.99. The van der Waals surface area contributed by atoms with Crippen LogP contribution in [0.25, 0.3) is 17.1 Å². The van der Waals surface area contributed by atoms with Crippen LogP contribution < -0.4 is 5.32 Å². The maximum atomic E-state index is 12.6. The van der Waals surface area contributed by atoms with Gasteiger partial charge in [0.2, 0.25) is 5.91 Å². The Bertz CT molecular complexity index is 1340. The first-order valence-electron chi connectivity index (χ1n) is 11.1. The van der Waals surface area contributed by atoms with Crippen molar-refractivity contribution in [2.45, 2.75) is 38.3 Å². The van der Waals surface area contributed by atoms with Crippen LogP contribution in [0, 0.1) is 6.92 Å². The van der Waals surface area contributed by atoms with Gasteiger partial charge in [-0.3, -0.25) is 9.36 Å². The maximum absolute atomic E-state index is 12.6. The number of hydrogen-bond acceptors (Lipinski definition) is 4. The molecule has 180 valence electrons. The van der Waals surface area contributed by atoms with Crippen molar-refractivity contribution < 1.29 is 4.79 Å². The van der Waals surface area contributed by atoms with Gasteiger partial charge < -0.3 is 5.32 Å². The van der Waals surface area contributed by atoms with Crippen LogP contribution >= 0.6 is 35.0 Å². The van der Waals surface area contributed by atoms with Crippen LogP contribution in [0.3, 0.4) is 0 Å². The summed E-state index contributed by atoms with van der Waals surface area (Å²) in [5.74, 6) is 0.706. The second kappa shape index (κ2) is 10.4. The lowest BCUT2D eigenvalue weighted by atomic mass is 9.87. The standard InChI is InChI=1S/C27H26Cl2N4OS/c1-17-5-12-21(13-6-17)33-25(18-7-9-19(10-8-18)27(2,3)4)31-32-26(33)35-16-24(34)30-20-11-14-22(28)23(29)15-20/h5-15H,16H2,1-4H3,(H,30,34). The van der Waals surface area contributed by atoms with Crippen LogP contribution in [-0.4, -0.2) is 26.4 Å². The number of aromatic nitrogens is 3. The van der Waals surface area contributed by atoms with Gasteiger partial charge in [-0.25, -0.2) is 0 Å². The highest BCUT2D eigenvalue weighted by atomic mass is 35.5. The summed E-state index contributed by atoms with van der Waals surface area (Å²) in [4.78, 5) is 12.6. The van der Waals surface area contributed by atoms with Gasteiger partial charge in [0.05, 0.1) is 15.8 Å². The summed E-state index contributed by atoms with van der Waals surface area (Å²) in [7, 11) is 0. The number of carbonyl (C=O) groups is 1. The topological polar surface area (TPSA) is 59.8 Å². The largest absolute Gasteiger partial charge is 0.325 e. The molecule has 0 atom stereocenters. The highest BCUT2D eigenvalue weighted by molar-refractivity contribution is 7.99. The highest BCUT2D eigenvalue weighted by Crippen LogP contribution is 2.31. The average molecular weight is 526 g/mol. The number of benzene rings is 3. The molecule has 0 aliphatic rings. The van der Waals surface area contributed by atoms with E-state index >= 15 is 0 Å². The van der Waals surface area contributed by atoms with E-state index in [4.69, 9.17) is 23.2 Å². The molecule has 0 aliphatic heterocycles. The number of thioether (sulfide) groups is 1. The number of aryl methyl sites for hydroxylation is 1. The molecule has 1 aromatic heterocycles. The summed E-state index contributed by atoms with van der Waals surface area (Å²) in [6.45, 7) is 8.61. The van der Waals surface area contributed by atoms with E-state index in [0.29, 0.717) is 20.9 Å². The Morgan fingerprint density at radius 1 is 0.943 bits per heavy atom. The Hall–Kier alpha value is -2.80. The Morgan fingerprint density at radius 2 is 1.63 bits per heavy atom. The first kappa shape index (κ1) is 25.3. The number of halogens is 2. The molecule has 5 nitrogen and oxygen atoms in total. The molecule has 0 spiro atoms. The molecule has 35 heavy (non-hydrogen) atoms. The minimum atomic E-state index is -0.178. The average Bonchev–Trinajstić information content (AvgIpc) is 3.24. The van der Waals surface area contributed by atoms with Crippen molar-refractivity contribution in [3.8, 4) is 17.1 Å². The van der Waals surface area contributed by atoms with Gasteiger partial charge in [-0.2, -0.15) is 0 Å². The molecule has 0 saturated carbocycles. The van der Waals surface area contributed by atoms with Gasteiger partial charge in [0.1, 0.15) is 0 Å². The van der Waals surface area contributed by atoms with Crippen molar-refractivity contribution >= 4 is 46.6 Å². The minimum Gasteiger partial charge on any atom is -0.325 e.